The van der Waals surface area contributed by atoms with Crippen molar-refractivity contribution in [2.24, 2.45) is 0 Å². The molecular formula is C19H23N3O2Si. The first-order chi connectivity index (χ1) is 11.9. The number of rotatable bonds is 8. The van der Waals surface area contributed by atoms with Crippen molar-refractivity contribution in [3.05, 3.63) is 59.7 Å². The van der Waals surface area contributed by atoms with Gasteiger partial charge in [-0.15, -0.1) is 0 Å². The molecule has 0 fully saturated rings. The van der Waals surface area contributed by atoms with Crippen LogP contribution in [0.25, 0.3) is 6.08 Å². The van der Waals surface area contributed by atoms with Crippen molar-refractivity contribution in [3.8, 4) is 6.07 Å². The van der Waals surface area contributed by atoms with E-state index in [1.54, 1.807) is 36.5 Å². The summed E-state index contributed by atoms with van der Waals surface area (Å²) in [5.41, 5.74) is 1.08. The standard InChI is InChI=1S/C19H23N3O2Si/c1-25(2,3)13-12-24-15-22-11-10-21-19(22)9-8-18(23)17-6-4-16(14-20)5-7-17/h4-11H,12-13,15H2,1-3H3. The van der Waals surface area contributed by atoms with Gasteiger partial charge >= 0.3 is 0 Å². The molecule has 130 valence electrons. The predicted octanol–water partition coefficient (Wildman–Crippen LogP) is 3.96. The highest BCUT2D eigenvalue weighted by Gasteiger charge is 2.12. The Morgan fingerprint density at radius 2 is 2.04 bits per heavy atom. The highest BCUT2D eigenvalue weighted by molar-refractivity contribution is 6.76. The van der Waals surface area contributed by atoms with Crippen LogP contribution >= 0.6 is 0 Å². The summed E-state index contributed by atoms with van der Waals surface area (Å²) in [5, 5.41) is 8.79. The number of aromatic nitrogens is 2. The number of hydrogen-bond acceptors (Lipinski definition) is 4. The van der Waals surface area contributed by atoms with Gasteiger partial charge in [-0.2, -0.15) is 5.26 Å². The Bertz CT molecular complexity index is 780. The molecule has 0 saturated heterocycles. The molecule has 0 spiro atoms. The lowest BCUT2D eigenvalue weighted by Crippen LogP contribution is -2.22. The van der Waals surface area contributed by atoms with Gasteiger partial charge in [0.05, 0.1) is 11.6 Å². The van der Waals surface area contributed by atoms with Crippen molar-refractivity contribution < 1.29 is 9.53 Å². The fourth-order valence-electron chi connectivity index (χ4n) is 2.09. The third kappa shape index (κ3) is 6.14. The summed E-state index contributed by atoms with van der Waals surface area (Å²) in [5.74, 6) is 0.550. The average molecular weight is 353 g/mol. The first-order valence-corrected chi connectivity index (χ1v) is 11.9. The van der Waals surface area contributed by atoms with Gasteiger partial charge in [0.2, 0.25) is 0 Å². The summed E-state index contributed by atoms with van der Waals surface area (Å²) in [4.78, 5) is 16.4. The van der Waals surface area contributed by atoms with Crippen LogP contribution in [0.3, 0.4) is 0 Å². The fraction of sp³-hybridized carbons (Fsp3) is 0.316. The summed E-state index contributed by atoms with van der Waals surface area (Å²) in [6.07, 6.45) is 6.69. The SMILES string of the molecule is C[Si](C)(C)CCOCn1ccnc1C=CC(=O)c1ccc(C#N)cc1. The van der Waals surface area contributed by atoms with Gasteiger partial charge < -0.3 is 9.30 Å². The third-order valence-electron chi connectivity index (χ3n) is 3.66. The summed E-state index contributed by atoms with van der Waals surface area (Å²) in [7, 11) is -1.10. The molecule has 0 amide bonds. The highest BCUT2D eigenvalue weighted by atomic mass is 28.3. The largest absolute Gasteiger partial charge is 0.361 e. The van der Waals surface area contributed by atoms with E-state index in [2.05, 4.69) is 24.6 Å². The zero-order chi connectivity index (χ0) is 18.3. The molecule has 0 aliphatic carbocycles. The van der Waals surface area contributed by atoms with Crippen LogP contribution in [-0.4, -0.2) is 30.0 Å². The molecule has 25 heavy (non-hydrogen) atoms. The number of allylic oxidation sites excluding steroid dienone is 1. The molecule has 1 aromatic carbocycles. The lowest BCUT2D eigenvalue weighted by Gasteiger charge is -2.15. The maximum absolute atomic E-state index is 12.2. The topological polar surface area (TPSA) is 67.9 Å². The van der Waals surface area contributed by atoms with Crippen LogP contribution < -0.4 is 0 Å². The van der Waals surface area contributed by atoms with E-state index < -0.39 is 8.07 Å². The van der Waals surface area contributed by atoms with Gasteiger partial charge in [-0.05, 0) is 42.5 Å². The van der Waals surface area contributed by atoms with Crippen molar-refractivity contribution >= 4 is 19.9 Å². The Morgan fingerprint density at radius 3 is 2.68 bits per heavy atom. The van der Waals surface area contributed by atoms with Crippen LogP contribution in [0.1, 0.15) is 21.7 Å². The van der Waals surface area contributed by atoms with E-state index in [4.69, 9.17) is 10.00 Å². The average Bonchev–Trinajstić information content (AvgIpc) is 3.03. The lowest BCUT2D eigenvalue weighted by atomic mass is 10.1. The van der Waals surface area contributed by atoms with E-state index in [9.17, 15) is 4.79 Å². The molecule has 0 aliphatic heterocycles. The Morgan fingerprint density at radius 1 is 1.32 bits per heavy atom. The molecule has 6 heteroatoms. The van der Waals surface area contributed by atoms with Gasteiger partial charge in [0.15, 0.2) is 5.78 Å². The second-order valence-corrected chi connectivity index (χ2v) is 12.6. The first kappa shape index (κ1) is 18.8. The molecular weight excluding hydrogens is 330 g/mol. The van der Waals surface area contributed by atoms with E-state index in [1.807, 2.05) is 16.8 Å². The number of ether oxygens (including phenoxy) is 1. The molecule has 2 rings (SSSR count). The molecule has 0 radical (unpaired) electrons. The summed E-state index contributed by atoms with van der Waals surface area (Å²) >= 11 is 0. The summed E-state index contributed by atoms with van der Waals surface area (Å²) in [6.45, 7) is 8.11. The smallest absolute Gasteiger partial charge is 0.185 e. The minimum atomic E-state index is -1.10. The summed E-state index contributed by atoms with van der Waals surface area (Å²) < 4.78 is 7.59. The molecule has 1 heterocycles. The minimum Gasteiger partial charge on any atom is -0.361 e. The normalized spacial score (nSPS) is 11.6. The van der Waals surface area contributed by atoms with Crippen LogP contribution in [-0.2, 0) is 11.5 Å². The fourth-order valence-corrected chi connectivity index (χ4v) is 2.84. The third-order valence-corrected chi connectivity index (χ3v) is 5.36. The van der Waals surface area contributed by atoms with Crippen LogP contribution in [0.15, 0.2) is 42.7 Å². The van der Waals surface area contributed by atoms with Crippen LogP contribution in [0, 0.1) is 11.3 Å². The number of nitriles is 1. The second-order valence-electron chi connectivity index (χ2n) is 6.99. The lowest BCUT2D eigenvalue weighted by molar-refractivity contribution is 0.0867. The van der Waals surface area contributed by atoms with Crippen molar-refractivity contribution in [2.45, 2.75) is 32.4 Å². The Labute approximate surface area is 149 Å². The van der Waals surface area contributed by atoms with Gasteiger partial charge in [0.1, 0.15) is 12.6 Å². The number of carbonyl (C=O) groups excluding carboxylic acids is 1. The van der Waals surface area contributed by atoms with Gasteiger partial charge in [-0.25, -0.2) is 4.98 Å². The second kappa shape index (κ2) is 8.56. The zero-order valence-corrected chi connectivity index (χ0v) is 15.9. The van der Waals surface area contributed by atoms with Gasteiger partial charge in [-0.1, -0.05) is 19.6 Å². The van der Waals surface area contributed by atoms with E-state index in [-0.39, 0.29) is 5.78 Å². The molecule has 0 bridgehead atoms. The number of benzene rings is 1. The molecule has 2 aromatic rings. The van der Waals surface area contributed by atoms with Gasteiger partial charge in [-0.3, -0.25) is 4.79 Å². The quantitative estimate of drug-likeness (QED) is 0.312. The number of hydrogen-bond donors (Lipinski definition) is 0. The number of carbonyl (C=O) groups is 1. The van der Waals surface area contributed by atoms with Crippen molar-refractivity contribution in [3.63, 3.8) is 0 Å². The molecule has 5 nitrogen and oxygen atoms in total. The first-order valence-electron chi connectivity index (χ1n) is 8.20. The summed E-state index contributed by atoms with van der Waals surface area (Å²) in [6, 6.07) is 9.72. The Balaban J connectivity index is 1.94. The van der Waals surface area contributed by atoms with Crippen LogP contribution in [0.5, 0.6) is 0 Å². The van der Waals surface area contributed by atoms with Crippen LogP contribution in [0.4, 0.5) is 0 Å². The maximum atomic E-state index is 12.2. The number of nitrogens with zero attached hydrogens (tertiary/aromatic N) is 3. The van der Waals surface area contributed by atoms with Crippen LogP contribution in [0.2, 0.25) is 25.7 Å². The highest BCUT2D eigenvalue weighted by Crippen LogP contribution is 2.09. The molecule has 0 N–H and O–H groups in total. The number of imidazole rings is 1. The molecule has 1 aromatic heterocycles. The van der Waals surface area contributed by atoms with Crippen molar-refractivity contribution in [2.75, 3.05) is 6.61 Å². The van der Waals surface area contributed by atoms with E-state index in [1.165, 1.54) is 6.08 Å². The Hall–Kier alpha value is -2.49. The van der Waals surface area contributed by atoms with E-state index in [0.717, 1.165) is 12.7 Å². The van der Waals surface area contributed by atoms with E-state index in [0.29, 0.717) is 23.7 Å². The van der Waals surface area contributed by atoms with Crippen molar-refractivity contribution in [1.82, 2.24) is 9.55 Å². The molecule has 0 aliphatic rings. The van der Waals surface area contributed by atoms with Gasteiger partial charge in [0, 0.05) is 32.6 Å². The zero-order valence-electron chi connectivity index (χ0n) is 14.9. The van der Waals surface area contributed by atoms with Gasteiger partial charge in [0.25, 0.3) is 0 Å². The van der Waals surface area contributed by atoms with Crippen molar-refractivity contribution in [1.29, 1.82) is 5.26 Å². The maximum Gasteiger partial charge on any atom is 0.185 e. The molecule has 0 unspecified atom stereocenters. The predicted molar refractivity (Wildman–Crippen MR) is 101 cm³/mol. The van der Waals surface area contributed by atoms with E-state index >= 15 is 0 Å². The molecule has 0 saturated carbocycles. The minimum absolute atomic E-state index is 0.126. The monoisotopic (exact) mass is 353 g/mol. The molecule has 0 atom stereocenters. The Kier molecular flexibility index (Phi) is 6.45. The number of ketones is 1.